The Kier molecular flexibility index (Phi) is 6.52. The molecule has 2 N–H and O–H groups in total. The number of rotatable bonds is 8. The molecule has 1 aliphatic carbocycles. The molecule has 1 aromatic carbocycles. The molecule has 3 nitrogen and oxygen atoms in total. The summed E-state index contributed by atoms with van der Waals surface area (Å²) in [5, 5.41) is 13.3. The molecule has 21 heavy (non-hydrogen) atoms. The van der Waals surface area contributed by atoms with E-state index in [1.165, 1.54) is 24.8 Å². The zero-order valence-electron chi connectivity index (χ0n) is 13.3. The van der Waals surface area contributed by atoms with Crippen molar-refractivity contribution in [2.75, 3.05) is 19.7 Å². The molecule has 1 aliphatic rings. The van der Waals surface area contributed by atoms with Gasteiger partial charge in [-0.15, -0.1) is 0 Å². The van der Waals surface area contributed by atoms with E-state index in [1.54, 1.807) is 0 Å². The summed E-state index contributed by atoms with van der Waals surface area (Å²) in [6, 6.07) is 8.08. The van der Waals surface area contributed by atoms with Gasteiger partial charge in [0.05, 0.1) is 0 Å². The van der Waals surface area contributed by atoms with Crippen molar-refractivity contribution in [2.45, 2.75) is 45.6 Å². The van der Waals surface area contributed by atoms with Crippen molar-refractivity contribution in [1.29, 1.82) is 0 Å². The summed E-state index contributed by atoms with van der Waals surface area (Å²) >= 11 is 0. The first-order valence-electron chi connectivity index (χ1n) is 8.29. The molecule has 118 valence electrons. The van der Waals surface area contributed by atoms with E-state index >= 15 is 0 Å². The SMILES string of the molecule is CCc1ccc(OCC(O)CNCC2CCCC2C)cc1. The van der Waals surface area contributed by atoms with Gasteiger partial charge in [0, 0.05) is 6.54 Å². The monoisotopic (exact) mass is 291 g/mol. The minimum Gasteiger partial charge on any atom is -0.491 e. The Hall–Kier alpha value is -1.06. The smallest absolute Gasteiger partial charge is 0.119 e. The third kappa shape index (κ3) is 5.33. The Bertz CT molecular complexity index is 404. The molecule has 0 aromatic heterocycles. The van der Waals surface area contributed by atoms with E-state index in [4.69, 9.17) is 4.74 Å². The molecule has 0 amide bonds. The van der Waals surface area contributed by atoms with Crippen LogP contribution < -0.4 is 10.1 Å². The normalized spacial score (nSPS) is 23.2. The van der Waals surface area contributed by atoms with Crippen LogP contribution in [-0.2, 0) is 6.42 Å². The molecule has 1 fully saturated rings. The maximum atomic E-state index is 9.96. The highest BCUT2D eigenvalue weighted by molar-refractivity contribution is 5.27. The molecule has 0 saturated heterocycles. The van der Waals surface area contributed by atoms with E-state index in [9.17, 15) is 5.11 Å². The van der Waals surface area contributed by atoms with Gasteiger partial charge in [0.2, 0.25) is 0 Å². The Balaban J connectivity index is 1.61. The van der Waals surface area contributed by atoms with Gasteiger partial charge in [-0.25, -0.2) is 0 Å². The Morgan fingerprint density at radius 1 is 1.29 bits per heavy atom. The summed E-state index contributed by atoms with van der Waals surface area (Å²) < 4.78 is 5.62. The fourth-order valence-electron chi connectivity index (χ4n) is 3.03. The third-order valence-electron chi connectivity index (χ3n) is 4.60. The molecule has 0 bridgehead atoms. The lowest BCUT2D eigenvalue weighted by Crippen LogP contribution is -2.34. The molecule has 2 rings (SSSR count). The zero-order valence-corrected chi connectivity index (χ0v) is 13.3. The number of aliphatic hydroxyl groups excluding tert-OH is 1. The molecular formula is C18H29NO2. The zero-order chi connectivity index (χ0) is 15.1. The summed E-state index contributed by atoms with van der Waals surface area (Å²) in [6.07, 6.45) is 4.61. The van der Waals surface area contributed by atoms with Crippen LogP contribution in [0.4, 0.5) is 0 Å². The summed E-state index contributed by atoms with van der Waals surface area (Å²) in [4.78, 5) is 0. The van der Waals surface area contributed by atoms with Crippen LogP contribution >= 0.6 is 0 Å². The van der Waals surface area contributed by atoms with Gasteiger partial charge in [-0.1, -0.05) is 38.8 Å². The molecular weight excluding hydrogens is 262 g/mol. The molecule has 3 atom stereocenters. The van der Waals surface area contributed by atoms with Gasteiger partial charge in [-0.3, -0.25) is 0 Å². The lowest BCUT2D eigenvalue weighted by molar-refractivity contribution is 0.105. The molecule has 1 aromatic rings. The van der Waals surface area contributed by atoms with Crippen molar-refractivity contribution in [3.8, 4) is 5.75 Å². The third-order valence-corrected chi connectivity index (χ3v) is 4.60. The Labute approximate surface area is 128 Å². The summed E-state index contributed by atoms with van der Waals surface area (Å²) in [6.45, 7) is 6.44. The van der Waals surface area contributed by atoms with Crippen LogP contribution in [-0.4, -0.2) is 30.9 Å². The fourth-order valence-corrected chi connectivity index (χ4v) is 3.03. The molecule has 3 unspecified atom stereocenters. The van der Waals surface area contributed by atoms with Crippen LogP contribution in [0.2, 0.25) is 0 Å². The van der Waals surface area contributed by atoms with Gasteiger partial charge in [0.25, 0.3) is 0 Å². The highest BCUT2D eigenvalue weighted by Gasteiger charge is 2.22. The Morgan fingerprint density at radius 2 is 2.05 bits per heavy atom. The number of hydrogen-bond donors (Lipinski definition) is 2. The van der Waals surface area contributed by atoms with Crippen LogP contribution in [0.15, 0.2) is 24.3 Å². The van der Waals surface area contributed by atoms with Crippen molar-refractivity contribution in [2.24, 2.45) is 11.8 Å². The van der Waals surface area contributed by atoms with Crippen LogP contribution in [0.3, 0.4) is 0 Å². The summed E-state index contributed by atoms with van der Waals surface area (Å²) in [5.41, 5.74) is 1.30. The highest BCUT2D eigenvalue weighted by atomic mass is 16.5. The first-order chi connectivity index (χ1) is 10.2. The standard InChI is InChI=1S/C18H29NO2/c1-3-15-7-9-18(10-8-15)21-13-17(20)12-19-11-16-6-4-5-14(16)2/h7-10,14,16-17,19-20H,3-6,11-13H2,1-2H3. The van der Waals surface area contributed by atoms with E-state index in [-0.39, 0.29) is 0 Å². The van der Waals surface area contributed by atoms with Gasteiger partial charge in [0.1, 0.15) is 18.5 Å². The average molecular weight is 291 g/mol. The molecule has 0 heterocycles. The summed E-state index contributed by atoms with van der Waals surface area (Å²) in [5.74, 6) is 2.43. The number of nitrogens with one attached hydrogen (secondary N) is 1. The molecule has 3 heteroatoms. The summed E-state index contributed by atoms with van der Waals surface area (Å²) in [7, 11) is 0. The van der Waals surface area contributed by atoms with Gasteiger partial charge in [-0.05, 0) is 48.9 Å². The van der Waals surface area contributed by atoms with Crippen molar-refractivity contribution >= 4 is 0 Å². The van der Waals surface area contributed by atoms with Crippen molar-refractivity contribution in [3.63, 3.8) is 0 Å². The topological polar surface area (TPSA) is 41.5 Å². The van der Waals surface area contributed by atoms with Crippen LogP contribution in [0.1, 0.15) is 38.7 Å². The maximum Gasteiger partial charge on any atom is 0.119 e. The number of aliphatic hydroxyl groups is 1. The molecule has 0 radical (unpaired) electrons. The van der Waals surface area contributed by atoms with E-state index in [0.29, 0.717) is 13.2 Å². The van der Waals surface area contributed by atoms with Crippen LogP contribution in [0, 0.1) is 11.8 Å². The van der Waals surface area contributed by atoms with E-state index in [0.717, 1.165) is 30.6 Å². The maximum absolute atomic E-state index is 9.96. The highest BCUT2D eigenvalue weighted by Crippen LogP contribution is 2.30. The minimum absolute atomic E-state index is 0.346. The van der Waals surface area contributed by atoms with Gasteiger partial charge in [0.15, 0.2) is 0 Å². The van der Waals surface area contributed by atoms with Crippen molar-refractivity contribution in [3.05, 3.63) is 29.8 Å². The second kappa shape index (κ2) is 8.40. The number of hydrogen-bond acceptors (Lipinski definition) is 3. The van der Waals surface area contributed by atoms with Gasteiger partial charge < -0.3 is 15.2 Å². The fraction of sp³-hybridized carbons (Fsp3) is 0.667. The first kappa shape index (κ1) is 16.3. The molecule has 0 aliphatic heterocycles. The number of ether oxygens (including phenoxy) is 1. The van der Waals surface area contributed by atoms with E-state index in [1.807, 2.05) is 12.1 Å². The van der Waals surface area contributed by atoms with Crippen LogP contribution in [0.25, 0.3) is 0 Å². The second-order valence-electron chi connectivity index (χ2n) is 6.29. The lowest BCUT2D eigenvalue weighted by Gasteiger charge is -2.18. The largest absolute Gasteiger partial charge is 0.491 e. The molecule has 1 saturated carbocycles. The average Bonchev–Trinajstić information content (AvgIpc) is 2.91. The van der Waals surface area contributed by atoms with E-state index < -0.39 is 6.10 Å². The Morgan fingerprint density at radius 3 is 2.67 bits per heavy atom. The van der Waals surface area contributed by atoms with Gasteiger partial charge in [-0.2, -0.15) is 0 Å². The van der Waals surface area contributed by atoms with Crippen molar-refractivity contribution in [1.82, 2.24) is 5.32 Å². The lowest BCUT2D eigenvalue weighted by atomic mass is 9.98. The first-order valence-corrected chi connectivity index (χ1v) is 8.29. The van der Waals surface area contributed by atoms with Crippen molar-refractivity contribution < 1.29 is 9.84 Å². The van der Waals surface area contributed by atoms with Crippen LogP contribution in [0.5, 0.6) is 5.75 Å². The minimum atomic E-state index is -0.451. The predicted octanol–water partition coefficient (Wildman–Crippen LogP) is 3.01. The predicted molar refractivity (Wildman–Crippen MR) is 86.7 cm³/mol. The van der Waals surface area contributed by atoms with Gasteiger partial charge >= 0.3 is 0 Å². The quantitative estimate of drug-likeness (QED) is 0.773. The molecule has 0 spiro atoms. The number of benzene rings is 1. The second-order valence-corrected chi connectivity index (χ2v) is 6.29. The number of aryl methyl sites for hydroxylation is 1. The van der Waals surface area contributed by atoms with E-state index in [2.05, 4.69) is 31.3 Å².